The summed E-state index contributed by atoms with van der Waals surface area (Å²) in [4.78, 5) is 33.1. The minimum atomic E-state index is -0.0416. The molecule has 1 N–H and O–H groups in total. The summed E-state index contributed by atoms with van der Waals surface area (Å²) >= 11 is 0. The smallest absolute Gasteiger partial charge is 0.317 e. The van der Waals surface area contributed by atoms with Crippen molar-refractivity contribution in [2.75, 3.05) is 32.7 Å². The topological polar surface area (TPSA) is 70.5 Å². The van der Waals surface area contributed by atoms with Crippen molar-refractivity contribution in [1.29, 1.82) is 0 Å². The first kappa shape index (κ1) is 19.2. The van der Waals surface area contributed by atoms with Gasteiger partial charge < -0.3 is 19.7 Å². The van der Waals surface area contributed by atoms with Gasteiger partial charge in [0.15, 0.2) is 0 Å². The number of piperazine rings is 1. The molecule has 1 fully saturated rings. The fourth-order valence-electron chi connectivity index (χ4n) is 3.64. The van der Waals surface area contributed by atoms with Crippen LogP contribution in [0.5, 0.6) is 0 Å². The van der Waals surface area contributed by atoms with Crippen LogP contribution >= 0.6 is 0 Å². The third kappa shape index (κ3) is 3.91. The number of imidazole rings is 1. The predicted octanol–water partition coefficient (Wildman–Crippen LogP) is 2.80. The number of carbonyl (C=O) groups is 2. The molecule has 3 amide bonds. The third-order valence-electron chi connectivity index (χ3n) is 5.01. The zero-order valence-electron chi connectivity index (χ0n) is 16.7. The number of hydrogen-bond donors (Lipinski definition) is 1. The SMILES string of the molecule is CCCNC(=O)N1CCN(C(=O)c2ccc3c(c2)nc(C)n3C(C)C)CC1. The molecular formula is C20H29N5O2. The molecule has 7 nitrogen and oxygen atoms in total. The summed E-state index contributed by atoms with van der Waals surface area (Å²) in [7, 11) is 0. The van der Waals surface area contributed by atoms with Gasteiger partial charge in [-0.25, -0.2) is 9.78 Å². The Balaban J connectivity index is 1.69. The van der Waals surface area contributed by atoms with Gasteiger partial charge in [-0.2, -0.15) is 0 Å². The summed E-state index contributed by atoms with van der Waals surface area (Å²) in [5, 5.41) is 2.89. The number of nitrogens with one attached hydrogen (secondary N) is 1. The molecule has 1 aliphatic rings. The summed E-state index contributed by atoms with van der Waals surface area (Å²) in [5.41, 5.74) is 2.56. The lowest BCUT2D eigenvalue weighted by Gasteiger charge is -2.34. The van der Waals surface area contributed by atoms with Gasteiger partial charge in [-0.1, -0.05) is 6.92 Å². The lowest BCUT2D eigenvalue weighted by Crippen LogP contribution is -2.53. The first-order valence-electron chi connectivity index (χ1n) is 9.73. The lowest BCUT2D eigenvalue weighted by atomic mass is 10.1. The average Bonchev–Trinajstić information content (AvgIpc) is 3.00. The second kappa shape index (κ2) is 7.98. The van der Waals surface area contributed by atoms with Gasteiger partial charge in [0.2, 0.25) is 0 Å². The van der Waals surface area contributed by atoms with Crippen LogP contribution in [-0.4, -0.2) is 64.0 Å². The van der Waals surface area contributed by atoms with Crippen LogP contribution in [-0.2, 0) is 0 Å². The van der Waals surface area contributed by atoms with Crippen LogP contribution < -0.4 is 5.32 Å². The minimum Gasteiger partial charge on any atom is -0.338 e. The van der Waals surface area contributed by atoms with Crippen molar-refractivity contribution >= 4 is 23.0 Å². The molecular weight excluding hydrogens is 342 g/mol. The van der Waals surface area contributed by atoms with Crippen LogP contribution in [0.1, 0.15) is 49.4 Å². The molecule has 3 rings (SSSR count). The van der Waals surface area contributed by atoms with E-state index in [1.165, 1.54) is 0 Å². The van der Waals surface area contributed by atoms with Crippen molar-refractivity contribution in [3.63, 3.8) is 0 Å². The normalized spacial score (nSPS) is 14.9. The number of carbonyl (C=O) groups excluding carboxylic acids is 2. The zero-order valence-corrected chi connectivity index (χ0v) is 16.7. The van der Waals surface area contributed by atoms with Gasteiger partial charge >= 0.3 is 6.03 Å². The predicted molar refractivity (Wildman–Crippen MR) is 106 cm³/mol. The monoisotopic (exact) mass is 371 g/mol. The molecule has 0 unspecified atom stereocenters. The summed E-state index contributed by atoms with van der Waals surface area (Å²) in [6, 6.07) is 6.02. The van der Waals surface area contributed by atoms with Gasteiger partial charge in [0.25, 0.3) is 5.91 Å². The first-order valence-corrected chi connectivity index (χ1v) is 9.73. The number of hydrogen-bond acceptors (Lipinski definition) is 3. The molecule has 2 heterocycles. The summed E-state index contributed by atoms with van der Waals surface area (Å²) in [6.07, 6.45) is 0.915. The molecule has 1 aromatic carbocycles. The minimum absolute atomic E-state index is 0.00210. The van der Waals surface area contributed by atoms with E-state index in [9.17, 15) is 9.59 Å². The number of fused-ring (bicyclic) bond motifs is 1. The number of aryl methyl sites for hydroxylation is 1. The molecule has 146 valence electrons. The Kier molecular flexibility index (Phi) is 5.68. The van der Waals surface area contributed by atoms with Crippen molar-refractivity contribution in [2.24, 2.45) is 0 Å². The Morgan fingerprint density at radius 3 is 2.44 bits per heavy atom. The fraction of sp³-hybridized carbons (Fsp3) is 0.550. The fourth-order valence-corrected chi connectivity index (χ4v) is 3.64. The Bertz CT molecular complexity index is 834. The molecule has 27 heavy (non-hydrogen) atoms. The van der Waals surface area contributed by atoms with Crippen LogP contribution in [0.4, 0.5) is 4.79 Å². The molecule has 0 bridgehead atoms. The number of amides is 3. The van der Waals surface area contributed by atoms with E-state index in [0.29, 0.717) is 44.3 Å². The number of rotatable bonds is 4. The number of benzene rings is 1. The van der Waals surface area contributed by atoms with E-state index in [2.05, 4.69) is 28.7 Å². The summed E-state index contributed by atoms with van der Waals surface area (Å²) in [5.74, 6) is 0.957. The van der Waals surface area contributed by atoms with Crippen LogP contribution in [0.2, 0.25) is 0 Å². The number of aromatic nitrogens is 2. The summed E-state index contributed by atoms with van der Waals surface area (Å²) < 4.78 is 2.18. The van der Waals surface area contributed by atoms with E-state index in [4.69, 9.17) is 0 Å². The van der Waals surface area contributed by atoms with E-state index in [-0.39, 0.29) is 11.9 Å². The van der Waals surface area contributed by atoms with Crippen LogP contribution in [0.25, 0.3) is 11.0 Å². The van der Waals surface area contributed by atoms with Crippen LogP contribution in [0.3, 0.4) is 0 Å². The zero-order chi connectivity index (χ0) is 19.6. The van der Waals surface area contributed by atoms with Crippen LogP contribution in [0, 0.1) is 6.92 Å². The maximum atomic E-state index is 12.9. The first-order chi connectivity index (χ1) is 12.9. The van der Waals surface area contributed by atoms with Crippen molar-refractivity contribution in [3.05, 3.63) is 29.6 Å². The number of urea groups is 1. The Hall–Kier alpha value is -2.57. The van der Waals surface area contributed by atoms with Gasteiger partial charge in [-0.15, -0.1) is 0 Å². The third-order valence-corrected chi connectivity index (χ3v) is 5.01. The van der Waals surface area contributed by atoms with E-state index < -0.39 is 0 Å². The van der Waals surface area contributed by atoms with E-state index in [1.807, 2.05) is 36.9 Å². The molecule has 7 heteroatoms. The van der Waals surface area contributed by atoms with Gasteiger partial charge in [0, 0.05) is 44.3 Å². The van der Waals surface area contributed by atoms with Gasteiger partial charge in [0.1, 0.15) is 5.82 Å². The molecule has 1 aromatic heterocycles. The molecule has 0 radical (unpaired) electrons. The van der Waals surface area contributed by atoms with Crippen molar-refractivity contribution in [3.8, 4) is 0 Å². The molecule has 0 aliphatic carbocycles. The molecule has 0 spiro atoms. The molecule has 0 saturated carbocycles. The highest BCUT2D eigenvalue weighted by Gasteiger charge is 2.25. The molecule has 1 saturated heterocycles. The highest BCUT2D eigenvalue weighted by molar-refractivity contribution is 5.97. The molecule has 0 atom stereocenters. The highest BCUT2D eigenvalue weighted by atomic mass is 16.2. The van der Waals surface area contributed by atoms with Gasteiger partial charge in [-0.05, 0) is 45.4 Å². The second-order valence-electron chi connectivity index (χ2n) is 7.34. The lowest BCUT2D eigenvalue weighted by molar-refractivity contribution is 0.0665. The van der Waals surface area contributed by atoms with Gasteiger partial charge in [0.05, 0.1) is 11.0 Å². The van der Waals surface area contributed by atoms with Crippen molar-refractivity contribution in [2.45, 2.75) is 40.2 Å². The summed E-state index contributed by atoms with van der Waals surface area (Å²) in [6.45, 7) is 11.2. The van der Waals surface area contributed by atoms with E-state index >= 15 is 0 Å². The van der Waals surface area contributed by atoms with Gasteiger partial charge in [-0.3, -0.25) is 4.79 Å². The Morgan fingerprint density at radius 2 is 1.81 bits per heavy atom. The second-order valence-corrected chi connectivity index (χ2v) is 7.34. The number of nitrogens with zero attached hydrogens (tertiary/aromatic N) is 4. The average molecular weight is 371 g/mol. The molecule has 1 aliphatic heterocycles. The Morgan fingerprint density at radius 1 is 1.15 bits per heavy atom. The maximum absolute atomic E-state index is 12.9. The van der Waals surface area contributed by atoms with Crippen molar-refractivity contribution in [1.82, 2.24) is 24.7 Å². The molecule has 2 aromatic rings. The van der Waals surface area contributed by atoms with E-state index in [0.717, 1.165) is 23.3 Å². The largest absolute Gasteiger partial charge is 0.338 e. The highest BCUT2D eigenvalue weighted by Crippen LogP contribution is 2.22. The quantitative estimate of drug-likeness (QED) is 0.898. The van der Waals surface area contributed by atoms with E-state index in [1.54, 1.807) is 4.90 Å². The standard InChI is InChI=1S/C20H29N5O2/c1-5-8-21-20(27)24-11-9-23(10-12-24)19(26)16-6-7-18-17(13-16)22-15(4)25(18)14(2)3/h6-7,13-14H,5,8-12H2,1-4H3,(H,21,27). The van der Waals surface area contributed by atoms with Crippen molar-refractivity contribution < 1.29 is 9.59 Å². The maximum Gasteiger partial charge on any atom is 0.317 e. The Labute approximate surface area is 160 Å². The van der Waals surface area contributed by atoms with Crippen LogP contribution in [0.15, 0.2) is 18.2 Å².